The van der Waals surface area contributed by atoms with Crippen molar-refractivity contribution in [1.82, 2.24) is 15.0 Å². The van der Waals surface area contributed by atoms with Crippen molar-refractivity contribution in [2.75, 3.05) is 0 Å². The number of aromatic nitrogens is 1. The Kier molecular flexibility index (Phi) is 5.63. The highest BCUT2D eigenvalue weighted by Gasteiger charge is 2.31. The van der Waals surface area contributed by atoms with Gasteiger partial charge in [0.1, 0.15) is 0 Å². The lowest BCUT2D eigenvalue weighted by Crippen LogP contribution is -2.40. The van der Waals surface area contributed by atoms with Gasteiger partial charge in [0.2, 0.25) is 10.0 Å². The highest BCUT2D eigenvalue weighted by Crippen LogP contribution is 2.36. The maximum Gasteiger partial charge on any atom is 0.240 e. The summed E-state index contributed by atoms with van der Waals surface area (Å²) in [6.07, 6.45) is 7.52. The van der Waals surface area contributed by atoms with Crippen LogP contribution in [0.3, 0.4) is 0 Å². The number of rotatable bonds is 7. The van der Waals surface area contributed by atoms with Crippen LogP contribution in [-0.2, 0) is 16.4 Å². The van der Waals surface area contributed by atoms with E-state index in [9.17, 15) is 8.42 Å². The number of unbranched alkanes of at least 4 members (excludes halogenated alkanes) is 1. The Morgan fingerprint density at radius 2 is 1.84 bits per heavy atom. The van der Waals surface area contributed by atoms with Crippen LogP contribution in [0.1, 0.15) is 68.3 Å². The minimum absolute atomic E-state index is 0.0364. The molecular formula is C25H31N3O2S. The number of nitrogens with one attached hydrogen (secondary N) is 3. The van der Waals surface area contributed by atoms with Gasteiger partial charge in [0.25, 0.3) is 0 Å². The van der Waals surface area contributed by atoms with E-state index in [1.54, 1.807) is 12.1 Å². The summed E-state index contributed by atoms with van der Waals surface area (Å²) >= 11 is 0. The van der Waals surface area contributed by atoms with Crippen LogP contribution in [0.25, 0.3) is 10.9 Å². The monoisotopic (exact) mass is 437 g/mol. The smallest absolute Gasteiger partial charge is 0.240 e. The normalized spacial score (nSPS) is 21.7. The molecule has 164 valence electrons. The Bertz CT molecular complexity index is 1160. The fourth-order valence-corrected chi connectivity index (χ4v) is 6.17. The molecule has 0 spiro atoms. The van der Waals surface area contributed by atoms with Crippen LogP contribution in [-0.4, -0.2) is 25.5 Å². The molecule has 3 aromatic rings. The largest absolute Gasteiger partial charge is 0.357 e. The quantitative estimate of drug-likeness (QED) is 0.497. The number of para-hydroxylation sites is 1. The van der Waals surface area contributed by atoms with Crippen molar-refractivity contribution in [3.05, 3.63) is 65.4 Å². The summed E-state index contributed by atoms with van der Waals surface area (Å²) < 4.78 is 28.2. The third kappa shape index (κ3) is 4.04. The van der Waals surface area contributed by atoms with E-state index in [0.29, 0.717) is 10.9 Å². The molecular weight excluding hydrogens is 406 g/mol. The first-order chi connectivity index (χ1) is 15.0. The third-order valence-electron chi connectivity index (χ3n) is 6.85. The second-order valence-corrected chi connectivity index (χ2v) is 10.7. The molecule has 2 aliphatic rings. The number of sulfonamides is 1. The average Bonchev–Trinajstić information content (AvgIpc) is 3.13. The zero-order valence-corrected chi connectivity index (χ0v) is 18.8. The minimum atomic E-state index is -3.45. The van der Waals surface area contributed by atoms with Gasteiger partial charge in [0, 0.05) is 28.7 Å². The van der Waals surface area contributed by atoms with Crippen LogP contribution in [0.15, 0.2) is 53.4 Å². The number of fused-ring (bicyclic) bond motifs is 3. The zero-order chi connectivity index (χ0) is 21.4. The topological polar surface area (TPSA) is 74.0 Å². The summed E-state index contributed by atoms with van der Waals surface area (Å²) in [6, 6.07) is 16.5. The zero-order valence-electron chi connectivity index (χ0n) is 18.0. The number of hydrogen-bond acceptors (Lipinski definition) is 3. The molecule has 2 aromatic carbocycles. The van der Waals surface area contributed by atoms with Gasteiger partial charge in [0.05, 0.1) is 10.9 Å². The lowest BCUT2D eigenvalue weighted by molar-refractivity contribution is 0.383. The molecule has 0 bridgehead atoms. The van der Waals surface area contributed by atoms with Crippen LogP contribution in [0, 0.1) is 0 Å². The molecule has 1 aliphatic heterocycles. The van der Waals surface area contributed by atoms with Crippen LogP contribution < -0.4 is 10.0 Å². The highest BCUT2D eigenvalue weighted by atomic mass is 32.2. The molecule has 2 atom stereocenters. The summed E-state index contributed by atoms with van der Waals surface area (Å²) in [7, 11) is -3.45. The first kappa shape index (κ1) is 20.7. The minimum Gasteiger partial charge on any atom is -0.357 e. The van der Waals surface area contributed by atoms with Crippen LogP contribution >= 0.6 is 0 Å². The lowest BCUT2D eigenvalue weighted by atomic mass is 9.88. The van der Waals surface area contributed by atoms with Gasteiger partial charge in [-0.1, -0.05) is 56.5 Å². The van der Waals surface area contributed by atoms with Crippen molar-refractivity contribution in [2.45, 2.75) is 74.9 Å². The second kappa shape index (κ2) is 8.41. The van der Waals surface area contributed by atoms with Crippen LogP contribution in [0.4, 0.5) is 0 Å². The Morgan fingerprint density at radius 1 is 1.06 bits per heavy atom. The fourth-order valence-electron chi connectivity index (χ4n) is 4.86. The number of aromatic amines is 1. The molecule has 1 unspecified atom stereocenters. The number of H-pyrrole nitrogens is 1. The summed E-state index contributed by atoms with van der Waals surface area (Å²) in [5.41, 5.74) is 4.86. The molecule has 31 heavy (non-hydrogen) atoms. The van der Waals surface area contributed by atoms with E-state index in [0.717, 1.165) is 37.7 Å². The van der Waals surface area contributed by atoms with Gasteiger partial charge < -0.3 is 10.3 Å². The predicted molar refractivity (Wildman–Crippen MR) is 125 cm³/mol. The summed E-state index contributed by atoms with van der Waals surface area (Å²) in [4.78, 5) is 3.98. The molecule has 3 N–H and O–H groups in total. The highest BCUT2D eigenvalue weighted by molar-refractivity contribution is 7.89. The van der Waals surface area contributed by atoms with E-state index in [1.807, 2.05) is 12.1 Å². The predicted octanol–water partition coefficient (Wildman–Crippen LogP) is 4.79. The first-order valence-corrected chi connectivity index (χ1v) is 13.0. The van der Waals surface area contributed by atoms with Gasteiger partial charge in [-0.15, -0.1) is 0 Å². The summed E-state index contributed by atoms with van der Waals surface area (Å²) in [5.74, 6) is 0. The molecule has 1 aliphatic carbocycles. The molecule has 1 fully saturated rings. The van der Waals surface area contributed by atoms with Crippen LogP contribution in [0.5, 0.6) is 0 Å². The van der Waals surface area contributed by atoms with Crippen molar-refractivity contribution in [2.24, 2.45) is 0 Å². The maximum atomic E-state index is 12.7. The number of hydrogen-bond donors (Lipinski definition) is 3. The maximum absolute atomic E-state index is 12.7. The molecule has 5 nitrogen and oxygen atoms in total. The van der Waals surface area contributed by atoms with Crippen molar-refractivity contribution in [3.8, 4) is 0 Å². The van der Waals surface area contributed by atoms with E-state index < -0.39 is 10.0 Å². The summed E-state index contributed by atoms with van der Waals surface area (Å²) in [6.45, 7) is 2.23. The van der Waals surface area contributed by atoms with Gasteiger partial charge in [-0.05, 0) is 55.0 Å². The number of benzene rings is 2. The molecule has 0 radical (unpaired) electrons. The van der Waals surface area contributed by atoms with E-state index >= 15 is 0 Å². The molecule has 1 saturated carbocycles. The standard InChI is InChI=1S/C25H31N3O2S/c1-2-3-7-19-16-22-21-10-4-5-11-23(21)27-25(22)24(26-19)17-12-14-20(15-13-17)31(29,30)28-18-8-6-9-18/h4-5,10-15,18-19,24,26-28H,2-3,6-9,16H2,1H3/t19-,24?/m0/s1. The Morgan fingerprint density at radius 3 is 2.55 bits per heavy atom. The first-order valence-electron chi connectivity index (χ1n) is 11.5. The molecule has 5 rings (SSSR count). The van der Waals surface area contributed by atoms with Gasteiger partial charge in [0.15, 0.2) is 0 Å². The Balaban J connectivity index is 1.47. The van der Waals surface area contributed by atoms with Gasteiger partial charge >= 0.3 is 0 Å². The van der Waals surface area contributed by atoms with Crippen molar-refractivity contribution >= 4 is 20.9 Å². The van der Waals surface area contributed by atoms with E-state index in [4.69, 9.17) is 0 Å². The molecule has 0 amide bonds. The summed E-state index contributed by atoms with van der Waals surface area (Å²) in [5, 5.41) is 5.13. The molecule has 1 aromatic heterocycles. The van der Waals surface area contributed by atoms with Gasteiger partial charge in [-0.2, -0.15) is 0 Å². The van der Waals surface area contributed by atoms with Crippen LogP contribution in [0.2, 0.25) is 0 Å². The van der Waals surface area contributed by atoms with Crippen molar-refractivity contribution in [3.63, 3.8) is 0 Å². The molecule has 2 heterocycles. The van der Waals surface area contributed by atoms with Crippen molar-refractivity contribution in [1.29, 1.82) is 0 Å². The van der Waals surface area contributed by atoms with Gasteiger partial charge in [-0.3, -0.25) is 0 Å². The van der Waals surface area contributed by atoms with E-state index in [-0.39, 0.29) is 12.1 Å². The molecule has 6 heteroatoms. The third-order valence-corrected chi connectivity index (χ3v) is 8.38. The van der Waals surface area contributed by atoms with E-state index in [1.165, 1.54) is 35.0 Å². The second-order valence-electron chi connectivity index (χ2n) is 9.02. The van der Waals surface area contributed by atoms with Gasteiger partial charge in [-0.25, -0.2) is 13.1 Å². The van der Waals surface area contributed by atoms with E-state index in [2.05, 4.69) is 46.2 Å². The van der Waals surface area contributed by atoms with Crippen molar-refractivity contribution < 1.29 is 8.42 Å². The lowest BCUT2D eigenvalue weighted by Gasteiger charge is -2.32. The fraction of sp³-hybridized carbons (Fsp3) is 0.440. The Hall–Kier alpha value is -2.15. The Labute approximate surface area is 184 Å². The SMILES string of the molecule is CCCC[C@H]1Cc2c([nH]c3ccccc23)C(c2ccc(S(=O)(=O)NC3CCC3)cc2)N1. The average molecular weight is 438 g/mol. The molecule has 0 saturated heterocycles.